The minimum absolute atomic E-state index is 0.0159. The van der Waals surface area contributed by atoms with Crippen LogP contribution in [0.3, 0.4) is 0 Å². The number of hydrogen-bond donors (Lipinski definition) is 6. The van der Waals surface area contributed by atoms with Crippen molar-refractivity contribution in [3.05, 3.63) is 131 Å². The third-order valence-corrected chi connectivity index (χ3v) is 9.05. The number of carbonyl (C=O) groups is 5. The van der Waals surface area contributed by atoms with E-state index in [0.717, 1.165) is 16.7 Å². The maximum atomic E-state index is 14.0. The fraction of sp³-hybridized carbons (Fsp3) is 0.302. The van der Waals surface area contributed by atoms with Crippen molar-refractivity contribution in [2.75, 3.05) is 13.1 Å². The Morgan fingerprint density at radius 2 is 1.21 bits per heavy atom. The molecule has 0 saturated heterocycles. The average molecular weight is 793 g/mol. The number of aliphatic carboxylic acids is 1. The van der Waals surface area contributed by atoms with E-state index < -0.39 is 60.8 Å². The molecule has 0 spiro atoms. The molecule has 6 N–H and O–H groups in total. The Balaban J connectivity index is 1.44. The van der Waals surface area contributed by atoms with Crippen molar-refractivity contribution < 1.29 is 34.2 Å². The lowest BCUT2D eigenvalue weighted by atomic mass is 10.0. The smallest absolute Gasteiger partial charge is 0.326 e. The van der Waals surface area contributed by atoms with Crippen LogP contribution < -0.4 is 21.3 Å². The molecular formula is C43H48N6O7S. The van der Waals surface area contributed by atoms with Gasteiger partial charge in [-0.1, -0.05) is 98.8 Å². The van der Waals surface area contributed by atoms with E-state index in [9.17, 15) is 34.2 Å². The fourth-order valence-electron chi connectivity index (χ4n) is 6.10. The summed E-state index contributed by atoms with van der Waals surface area (Å²) in [6.07, 6.45) is 0.476. The molecule has 0 fully saturated rings. The van der Waals surface area contributed by atoms with Crippen LogP contribution in [0.5, 0.6) is 5.75 Å². The van der Waals surface area contributed by atoms with Gasteiger partial charge >= 0.3 is 5.97 Å². The van der Waals surface area contributed by atoms with Gasteiger partial charge in [-0.15, -0.1) is 0 Å². The van der Waals surface area contributed by atoms with Crippen LogP contribution in [0, 0.1) is 5.92 Å². The second-order valence-corrected chi connectivity index (χ2v) is 14.2. The number of amides is 4. The molecular weight excluding hydrogens is 745 g/mol. The molecule has 298 valence electrons. The third-order valence-electron chi connectivity index (χ3n) is 8.96. The van der Waals surface area contributed by atoms with Crippen LogP contribution in [0.2, 0.25) is 0 Å². The summed E-state index contributed by atoms with van der Waals surface area (Å²) in [6.45, 7) is 3.58. The highest BCUT2D eigenvalue weighted by Crippen LogP contribution is 2.19. The van der Waals surface area contributed by atoms with Gasteiger partial charge in [0.25, 0.3) is 0 Å². The molecule has 0 bridgehead atoms. The Morgan fingerprint density at radius 3 is 1.75 bits per heavy atom. The Labute approximate surface area is 337 Å². The molecule has 0 saturated carbocycles. The van der Waals surface area contributed by atoms with Crippen LogP contribution in [0.25, 0.3) is 0 Å². The van der Waals surface area contributed by atoms with Crippen LogP contribution >= 0.6 is 12.2 Å². The van der Waals surface area contributed by atoms with Crippen molar-refractivity contribution >= 4 is 52.7 Å². The van der Waals surface area contributed by atoms with Gasteiger partial charge in [0, 0.05) is 19.5 Å². The molecule has 3 unspecified atom stereocenters. The van der Waals surface area contributed by atoms with Gasteiger partial charge in [-0.25, -0.2) is 4.79 Å². The van der Waals surface area contributed by atoms with Crippen LogP contribution in [0.15, 0.2) is 114 Å². The van der Waals surface area contributed by atoms with E-state index in [2.05, 4.69) is 43.6 Å². The second kappa shape index (κ2) is 22.4. The summed E-state index contributed by atoms with van der Waals surface area (Å²) < 4.78 is 0. The first-order chi connectivity index (χ1) is 27.4. The first kappa shape index (κ1) is 43.5. The van der Waals surface area contributed by atoms with E-state index in [1.807, 2.05) is 79.4 Å². The molecule has 3 atom stereocenters. The number of thiocarbonyl (C=S) groups is 1. The minimum atomic E-state index is -1.20. The fourth-order valence-corrected chi connectivity index (χ4v) is 6.20. The zero-order valence-electron chi connectivity index (χ0n) is 31.9. The molecule has 0 aromatic heterocycles. The summed E-state index contributed by atoms with van der Waals surface area (Å²) in [4.78, 5) is 71.3. The Bertz CT molecular complexity index is 1950. The normalized spacial score (nSPS) is 12.4. The lowest BCUT2D eigenvalue weighted by molar-refractivity contribution is -0.142. The monoisotopic (exact) mass is 792 g/mol. The SMILES string of the molecule is CC(C)CC(NC(=O)C(Cc1ccc(N=C=S)cc1)NC(=O)CNC(=O)CNC(=O)C(Cc1ccc(O)cc1)N(Cc1ccccc1)Cc1ccccc1)C(=O)O. The molecule has 4 rings (SSSR count). The van der Waals surface area contributed by atoms with Gasteiger partial charge in [-0.3, -0.25) is 24.1 Å². The minimum Gasteiger partial charge on any atom is -0.508 e. The van der Waals surface area contributed by atoms with Crippen molar-refractivity contribution in [1.29, 1.82) is 0 Å². The van der Waals surface area contributed by atoms with Crippen LogP contribution in [-0.2, 0) is 49.9 Å². The molecule has 14 heteroatoms. The number of isothiocyanates is 1. The number of benzene rings is 4. The van der Waals surface area contributed by atoms with Crippen molar-refractivity contribution in [3.8, 4) is 5.75 Å². The zero-order valence-corrected chi connectivity index (χ0v) is 32.7. The third kappa shape index (κ3) is 15.1. The largest absolute Gasteiger partial charge is 0.508 e. The number of carboxylic acids is 1. The standard InChI is InChI=1S/C43H48N6O7S/c1-29(2)21-37(43(55)56)48-41(53)36(22-30-13-17-34(18-14-30)46-28-57)47-40(52)25-44-39(51)24-45-42(54)38(23-31-15-19-35(50)20-16-31)49(26-32-9-5-3-6-10-32)27-33-11-7-4-8-12-33/h3-20,29,36-38,50H,21-27H2,1-2H3,(H,44,51)(H,45,54)(H,47,52)(H,48,53)(H,55,56). The number of aromatic hydroxyl groups is 1. The number of phenols is 1. The van der Waals surface area contributed by atoms with Gasteiger partial charge in [-0.2, -0.15) is 4.99 Å². The average Bonchev–Trinajstić information content (AvgIpc) is 3.19. The first-order valence-electron chi connectivity index (χ1n) is 18.5. The van der Waals surface area contributed by atoms with Gasteiger partial charge in [0.1, 0.15) is 17.8 Å². The van der Waals surface area contributed by atoms with E-state index in [1.54, 1.807) is 48.5 Å². The maximum absolute atomic E-state index is 14.0. The van der Waals surface area contributed by atoms with Crippen molar-refractivity contribution in [1.82, 2.24) is 26.2 Å². The van der Waals surface area contributed by atoms with E-state index in [-0.39, 0.29) is 30.9 Å². The highest BCUT2D eigenvalue weighted by Gasteiger charge is 2.29. The van der Waals surface area contributed by atoms with Gasteiger partial charge in [0.2, 0.25) is 23.6 Å². The first-order valence-corrected chi connectivity index (χ1v) is 18.9. The van der Waals surface area contributed by atoms with Crippen LogP contribution in [0.1, 0.15) is 42.5 Å². The molecule has 0 aliphatic rings. The molecule has 0 aliphatic carbocycles. The molecule has 0 aliphatic heterocycles. The lowest BCUT2D eigenvalue weighted by Gasteiger charge is -2.31. The predicted molar refractivity (Wildman–Crippen MR) is 220 cm³/mol. The molecule has 13 nitrogen and oxygen atoms in total. The molecule has 4 aromatic carbocycles. The Hall–Kier alpha value is -6.21. The van der Waals surface area contributed by atoms with Gasteiger partial charge in [0.05, 0.1) is 30.0 Å². The van der Waals surface area contributed by atoms with Gasteiger partial charge < -0.3 is 31.5 Å². The summed E-state index contributed by atoms with van der Waals surface area (Å²) in [6, 6.07) is 29.7. The number of nitrogens with one attached hydrogen (secondary N) is 4. The topological polar surface area (TPSA) is 190 Å². The quantitative estimate of drug-likeness (QED) is 0.0528. The molecule has 4 aromatic rings. The van der Waals surface area contributed by atoms with Crippen molar-refractivity contribution in [2.24, 2.45) is 10.9 Å². The summed E-state index contributed by atoms with van der Waals surface area (Å²) in [7, 11) is 0. The van der Waals surface area contributed by atoms with E-state index in [0.29, 0.717) is 24.3 Å². The number of carbonyl (C=O) groups excluding carboxylic acids is 4. The van der Waals surface area contributed by atoms with Crippen molar-refractivity contribution in [2.45, 2.75) is 64.3 Å². The molecule has 0 heterocycles. The van der Waals surface area contributed by atoms with Crippen molar-refractivity contribution in [3.63, 3.8) is 0 Å². The van der Waals surface area contributed by atoms with Crippen LogP contribution in [-0.4, -0.2) is 81.1 Å². The lowest BCUT2D eigenvalue weighted by Crippen LogP contribution is -2.54. The number of hydrogen-bond acceptors (Lipinski definition) is 9. The number of rotatable bonds is 21. The Kier molecular flexibility index (Phi) is 17.1. The zero-order chi connectivity index (χ0) is 41.2. The molecule has 0 radical (unpaired) electrons. The number of nitrogens with zero attached hydrogens (tertiary/aromatic N) is 2. The number of carboxylic acid groups (broad SMARTS) is 1. The van der Waals surface area contributed by atoms with Gasteiger partial charge in [-0.05, 0) is 77.5 Å². The summed E-state index contributed by atoms with van der Waals surface area (Å²) in [5.74, 6) is -3.59. The number of phenolic OH excluding ortho intramolecular Hbond substituents is 1. The highest BCUT2D eigenvalue weighted by molar-refractivity contribution is 7.78. The van der Waals surface area contributed by atoms with E-state index >= 15 is 0 Å². The van der Waals surface area contributed by atoms with E-state index in [4.69, 9.17) is 0 Å². The van der Waals surface area contributed by atoms with E-state index in [1.165, 1.54) is 0 Å². The summed E-state index contributed by atoms with van der Waals surface area (Å²) >= 11 is 4.65. The predicted octanol–water partition coefficient (Wildman–Crippen LogP) is 4.32. The summed E-state index contributed by atoms with van der Waals surface area (Å²) in [5.41, 5.74) is 3.98. The second-order valence-electron chi connectivity index (χ2n) is 14.0. The highest BCUT2D eigenvalue weighted by atomic mass is 32.1. The van der Waals surface area contributed by atoms with Crippen LogP contribution in [0.4, 0.5) is 5.69 Å². The maximum Gasteiger partial charge on any atom is 0.326 e. The number of aliphatic imine (C=N–C) groups is 1. The van der Waals surface area contributed by atoms with Gasteiger partial charge in [0.15, 0.2) is 0 Å². The molecule has 57 heavy (non-hydrogen) atoms. The summed E-state index contributed by atoms with van der Waals surface area (Å²) in [5, 5.41) is 32.2. The Morgan fingerprint density at radius 1 is 0.667 bits per heavy atom. The molecule has 4 amide bonds.